The number of carbonyl (C=O) groups excluding carboxylic acids is 14. The van der Waals surface area contributed by atoms with E-state index in [0.717, 1.165) is 0 Å². The van der Waals surface area contributed by atoms with Gasteiger partial charge in [0.05, 0.1) is 6.04 Å². The van der Waals surface area contributed by atoms with E-state index in [9.17, 15) is 67.1 Å². The van der Waals surface area contributed by atoms with Gasteiger partial charge in [0.25, 0.3) is 0 Å². The molecule has 0 radical (unpaired) electrons. The maximum absolute atomic E-state index is 15.0. The largest absolute Gasteiger partial charge is 0.368 e. The molecule has 0 bridgehead atoms. The summed E-state index contributed by atoms with van der Waals surface area (Å²) < 4.78 is 0. The number of hydrogen-bond acceptors (Lipinski definition) is 21. The molecule has 35 heteroatoms. The number of nitrogens with two attached hydrogens (primary N) is 8. The van der Waals surface area contributed by atoms with E-state index in [4.69, 9.17) is 45.9 Å². The van der Waals surface area contributed by atoms with E-state index in [2.05, 4.69) is 63.8 Å². The Morgan fingerprint density at radius 3 is 0.720 bits per heavy atom. The molecule has 14 atom stereocenters. The van der Waals surface area contributed by atoms with Crippen LogP contribution in [0.1, 0.15) is 270 Å². The Bertz CT molecular complexity index is 3050. The molecular formula is C83H159N21O14. The molecule has 14 amide bonds. The average Bonchev–Trinajstić information content (AvgIpc) is 1.61. The van der Waals surface area contributed by atoms with Crippen LogP contribution in [0.3, 0.4) is 0 Å². The highest BCUT2D eigenvalue weighted by molar-refractivity contribution is 6.00. The molecule has 1 fully saturated rings. The quantitative estimate of drug-likeness (QED) is 0.0373. The highest BCUT2D eigenvalue weighted by atomic mass is 16.2. The van der Waals surface area contributed by atoms with Crippen LogP contribution in [-0.4, -0.2) is 218 Å². The summed E-state index contributed by atoms with van der Waals surface area (Å²) in [6.45, 7) is 27.9. The normalized spacial score (nSPS) is 16.3. The van der Waals surface area contributed by atoms with Gasteiger partial charge in [-0.3, -0.25) is 67.1 Å². The van der Waals surface area contributed by atoms with Crippen LogP contribution in [0, 0.1) is 41.4 Å². The molecule has 0 aliphatic carbocycles. The van der Waals surface area contributed by atoms with E-state index >= 15 is 0 Å². The number of unbranched alkanes of at least 4 members (excludes halogenated alkanes) is 6. The van der Waals surface area contributed by atoms with Crippen molar-refractivity contribution < 1.29 is 67.1 Å². The van der Waals surface area contributed by atoms with E-state index in [1.165, 1.54) is 4.90 Å². The number of nitrogens with zero attached hydrogens (tertiary/aromatic N) is 1. The molecule has 28 N–H and O–H groups in total. The lowest BCUT2D eigenvalue weighted by Crippen LogP contribution is -2.61. The molecule has 1 saturated heterocycles. The first kappa shape index (κ1) is 108. The summed E-state index contributed by atoms with van der Waals surface area (Å²) in [4.78, 5) is 202. The van der Waals surface area contributed by atoms with Crippen molar-refractivity contribution in [3.8, 4) is 0 Å². The van der Waals surface area contributed by atoms with Crippen LogP contribution in [0.5, 0.6) is 0 Å². The molecule has 35 nitrogen and oxygen atoms in total. The smallest absolute Gasteiger partial charge is 0.245 e. The first-order valence-electron chi connectivity index (χ1n) is 43.9. The molecule has 0 aromatic carbocycles. The van der Waals surface area contributed by atoms with E-state index in [1.54, 1.807) is 0 Å². The van der Waals surface area contributed by atoms with Crippen LogP contribution in [0.15, 0.2) is 0 Å². The Hall–Kier alpha value is -7.70. The predicted molar refractivity (Wildman–Crippen MR) is 459 cm³/mol. The molecule has 1 heterocycles. The summed E-state index contributed by atoms with van der Waals surface area (Å²) in [6, 6.07) is -16.3. The Morgan fingerprint density at radius 2 is 0.475 bits per heavy atom. The van der Waals surface area contributed by atoms with Gasteiger partial charge in [-0.05, 0) is 254 Å². The molecule has 680 valence electrons. The van der Waals surface area contributed by atoms with Gasteiger partial charge in [-0.1, -0.05) is 96.9 Å². The minimum Gasteiger partial charge on any atom is -0.368 e. The molecule has 1 aliphatic rings. The fraction of sp³-hybridized carbons (Fsp3) is 0.831. The number of rotatable bonds is 64. The van der Waals surface area contributed by atoms with E-state index in [0.29, 0.717) is 110 Å². The predicted octanol–water partition coefficient (Wildman–Crippen LogP) is 0.704. The molecule has 1 aliphatic heterocycles. The van der Waals surface area contributed by atoms with Crippen LogP contribution in [-0.2, 0) is 67.1 Å². The fourth-order valence-electron chi connectivity index (χ4n) is 14.2. The average molecular weight is 1680 g/mol. The van der Waals surface area contributed by atoms with Gasteiger partial charge in [0.2, 0.25) is 82.7 Å². The molecule has 0 saturated carbocycles. The standard InChI is InChI=1S/C83H159N21O14/c1-49(2)42-56(90)71(106)92-57(28-15-21-35-84)72(107)93-60(31-18-24-38-87)75(110)99-66(46-53(9)10)80(115)102-65(45-52(7)8)78(113)96-61(32-19-25-39-88)76(111)100-67(47-54(11)12)81(116)101-64(44-51(5)6)77(112)94-58(29-16-22-36-85)73(108)97-62(33-20-26-40-89)83(118)104-41-27-34-69(104)82(117)103-68(48-55(13)14)79(114)95-59(30-17-23-37-86)74(109)98-63(70(91)105)43-50(3)4/h49-69H,15-48,84-90H2,1-14H3,(H2,91,105)(H,92,106)(H,93,107)(H,94,112)(H,95,114)(H,96,113)(H,97,108)(H,98,109)(H,99,110)(H,100,111)(H,101,116)(H,102,115)(H,103,117)/t56-,57-,58-,59-,60-,61-,62-,63-,64-,65-,66-,67-,68-,69-/m0/s1. The number of hydrogen-bond donors (Lipinski definition) is 20. The molecular weight excluding hydrogens is 1520 g/mol. The number of carbonyl (C=O) groups is 14. The Labute approximate surface area is 703 Å². The summed E-state index contributed by atoms with van der Waals surface area (Å²) in [7, 11) is 0. The molecule has 0 aromatic rings. The number of nitrogens with one attached hydrogen (secondary N) is 12. The summed E-state index contributed by atoms with van der Waals surface area (Å²) in [5.74, 6) is -10.3. The van der Waals surface area contributed by atoms with Crippen LogP contribution >= 0.6 is 0 Å². The lowest BCUT2D eigenvalue weighted by molar-refractivity contribution is -0.143. The zero-order chi connectivity index (χ0) is 89.3. The van der Waals surface area contributed by atoms with Gasteiger partial charge < -0.3 is 115 Å². The van der Waals surface area contributed by atoms with Gasteiger partial charge >= 0.3 is 0 Å². The number of likely N-dealkylation sites (tertiary alicyclic amines) is 1. The molecule has 0 unspecified atom stereocenters. The second-order valence-corrected chi connectivity index (χ2v) is 35.0. The van der Waals surface area contributed by atoms with Crippen molar-refractivity contribution in [2.24, 2.45) is 87.3 Å². The third-order valence-corrected chi connectivity index (χ3v) is 20.4. The van der Waals surface area contributed by atoms with Crippen LogP contribution in [0.25, 0.3) is 0 Å². The Balaban J connectivity index is 3.73. The fourth-order valence-corrected chi connectivity index (χ4v) is 14.2. The maximum Gasteiger partial charge on any atom is 0.245 e. The van der Waals surface area contributed by atoms with Gasteiger partial charge in [-0.25, -0.2) is 0 Å². The second kappa shape index (κ2) is 59.9. The summed E-state index contributed by atoms with van der Waals surface area (Å²) in [5.41, 5.74) is 47.1. The van der Waals surface area contributed by atoms with Crippen molar-refractivity contribution in [3.05, 3.63) is 0 Å². The lowest BCUT2D eigenvalue weighted by Gasteiger charge is -2.31. The Morgan fingerprint density at radius 1 is 0.271 bits per heavy atom. The van der Waals surface area contributed by atoms with Crippen molar-refractivity contribution in [2.45, 2.75) is 355 Å². The third kappa shape index (κ3) is 44.0. The first-order chi connectivity index (χ1) is 55.7. The molecule has 0 spiro atoms. The first-order valence-corrected chi connectivity index (χ1v) is 43.9. The van der Waals surface area contributed by atoms with Crippen molar-refractivity contribution in [1.82, 2.24) is 68.7 Å². The number of primary amides is 1. The highest BCUT2D eigenvalue weighted by Crippen LogP contribution is 2.23. The van der Waals surface area contributed by atoms with Gasteiger partial charge in [0.1, 0.15) is 78.5 Å². The zero-order valence-corrected chi connectivity index (χ0v) is 73.9. The summed E-state index contributed by atoms with van der Waals surface area (Å²) >= 11 is 0. The van der Waals surface area contributed by atoms with Gasteiger partial charge in [-0.15, -0.1) is 0 Å². The van der Waals surface area contributed by atoms with Gasteiger partial charge in [0, 0.05) is 6.54 Å². The topological polar surface area (TPSA) is 595 Å². The minimum absolute atomic E-state index is 0.00669. The van der Waals surface area contributed by atoms with E-state index in [-0.39, 0.29) is 151 Å². The highest BCUT2D eigenvalue weighted by Gasteiger charge is 2.42. The van der Waals surface area contributed by atoms with Gasteiger partial charge in [0.15, 0.2) is 0 Å². The Kier molecular flexibility index (Phi) is 55.0. The van der Waals surface area contributed by atoms with E-state index in [1.807, 2.05) is 96.9 Å². The van der Waals surface area contributed by atoms with Crippen LogP contribution < -0.4 is 110 Å². The number of amides is 14. The van der Waals surface area contributed by atoms with Crippen molar-refractivity contribution in [1.29, 1.82) is 0 Å². The van der Waals surface area contributed by atoms with Gasteiger partial charge in [-0.2, -0.15) is 0 Å². The second-order valence-electron chi connectivity index (χ2n) is 35.0. The lowest BCUT2D eigenvalue weighted by atomic mass is 9.98. The monoisotopic (exact) mass is 1670 g/mol. The third-order valence-electron chi connectivity index (χ3n) is 20.4. The van der Waals surface area contributed by atoms with Crippen LogP contribution in [0.2, 0.25) is 0 Å². The van der Waals surface area contributed by atoms with Crippen LogP contribution in [0.4, 0.5) is 0 Å². The SMILES string of the molecule is CC(C)C[C@H](NC(=O)[C@H](CCCCN)NC(=O)[C@H](CC(C)C)NC(=O)[C@@H]1CCCN1C(=O)[C@H](CCCCN)NC(=O)[C@H](CCCCN)NC(=O)[C@H](CC(C)C)NC(=O)[C@H](CC(C)C)NC(=O)[C@H](CCCCN)NC(=O)[C@H](CC(C)C)NC(=O)[C@H](CC(C)C)NC(=O)[C@H](CCCCN)NC(=O)[C@H](CCCCN)NC(=O)[C@@H](N)CC(C)C)C(N)=O. The minimum atomic E-state index is -1.28. The summed E-state index contributed by atoms with van der Waals surface area (Å²) in [5, 5.41) is 33.9. The molecule has 118 heavy (non-hydrogen) atoms. The molecule has 1 rings (SSSR count). The summed E-state index contributed by atoms with van der Waals surface area (Å²) in [6.07, 6.45) is 7.96. The van der Waals surface area contributed by atoms with E-state index < -0.39 is 167 Å². The van der Waals surface area contributed by atoms with Crippen molar-refractivity contribution >= 4 is 82.7 Å². The van der Waals surface area contributed by atoms with Crippen molar-refractivity contribution in [2.75, 3.05) is 45.8 Å². The zero-order valence-electron chi connectivity index (χ0n) is 73.9. The molecule has 0 aromatic heterocycles. The maximum atomic E-state index is 15.0. The van der Waals surface area contributed by atoms with Crippen molar-refractivity contribution in [3.63, 3.8) is 0 Å².